The summed E-state index contributed by atoms with van der Waals surface area (Å²) in [6, 6.07) is 16.8. The molecule has 1 fully saturated rings. The fourth-order valence-electron chi connectivity index (χ4n) is 4.65. The van der Waals surface area contributed by atoms with Crippen LogP contribution in [0.15, 0.2) is 71.4 Å². The van der Waals surface area contributed by atoms with Crippen molar-refractivity contribution in [1.29, 1.82) is 0 Å². The molecule has 2 unspecified atom stereocenters. The monoisotopic (exact) mass is 499 g/mol. The maximum absolute atomic E-state index is 12.8. The van der Waals surface area contributed by atoms with Crippen molar-refractivity contribution in [3.63, 3.8) is 0 Å². The van der Waals surface area contributed by atoms with Crippen LogP contribution < -0.4 is 4.90 Å². The fraction of sp³-hybridized carbons (Fsp3) is 0.346. The van der Waals surface area contributed by atoms with Crippen LogP contribution in [0.5, 0.6) is 0 Å². The van der Waals surface area contributed by atoms with Gasteiger partial charge in [0.1, 0.15) is 5.82 Å². The van der Waals surface area contributed by atoms with Gasteiger partial charge in [-0.1, -0.05) is 36.9 Å². The molecule has 0 aliphatic carbocycles. The van der Waals surface area contributed by atoms with Crippen LogP contribution in [0.2, 0.25) is 0 Å². The molecule has 2 heterocycles. The topological polar surface area (TPSA) is 65.7 Å². The zero-order valence-electron chi connectivity index (χ0n) is 20.4. The Morgan fingerprint density at radius 2 is 1.67 bits per heavy atom. The number of benzene rings is 2. The third-order valence-electron chi connectivity index (χ3n) is 6.24. The van der Waals surface area contributed by atoms with Crippen molar-refractivity contribution >= 4 is 11.6 Å². The fourth-order valence-corrected chi connectivity index (χ4v) is 4.65. The number of piperazine rings is 1. The molecule has 190 valence electrons. The predicted molar refractivity (Wildman–Crippen MR) is 130 cm³/mol. The number of anilines is 1. The van der Waals surface area contributed by atoms with E-state index in [0.717, 1.165) is 17.1 Å². The lowest BCUT2D eigenvalue weighted by Gasteiger charge is -2.47. The van der Waals surface area contributed by atoms with E-state index in [0.29, 0.717) is 25.2 Å². The molecule has 1 amide bonds. The average molecular weight is 500 g/mol. The van der Waals surface area contributed by atoms with Crippen LogP contribution in [0.4, 0.5) is 18.9 Å². The molecule has 1 aliphatic heterocycles. The maximum Gasteiger partial charge on any atom is 0.470 e. The van der Waals surface area contributed by atoms with Crippen LogP contribution in [-0.4, -0.2) is 51.1 Å². The van der Waals surface area contributed by atoms with Crippen molar-refractivity contribution < 1.29 is 22.4 Å². The Balaban J connectivity index is 1.55. The minimum atomic E-state index is -4.69. The Labute approximate surface area is 207 Å². The lowest BCUT2D eigenvalue weighted by Crippen LogP contribution is -2.58. The van der Waals surface area contributed by atoms with Gasteiger partial charge in [-0.15, -0.1) is 10.2 Å². The number of nitrogens with zero attached hydrogens (tertiary/aromatic N) is 5. The minimum absolute atomic E-state index is 0.0379. The van der Waals surface area contributed by atoms with Crippen LogP contribution in [-0.2, 0) is 17.5 Å². The lowest BCUT2D eigenvalue weighted by atomic mass is 10.1. The molecule has 0 N–H and O–H groups in total. The SMILES string of the molecule is C=C(N1CC(C)N(C(C)=O)C(C)C1)N(Cc1ccc(-c2nnc(C(F)(F)F)o2)cc1)c1ccccc1. The van der Waals surface area contributed by atoms with Gasteiger partial charge in [-0.25, -0.2) is 0 Å². The summed E-state index contributed by atoms with van der Waals surface area (Å²) in [5.74, 6) is -0.700. The van der Waals surface area contributed by atoms with Gasteiger partial charge in [0.2, 0.25) is 11.8 Å². The number of aromatic nitrogens is 2. The zero-order valence-corrected chi connectivity index (χ0v) is 20.4. The number of halogens is 3. The van der Waals surface area contributed by atoms with Crippen molar-refractivity contribution in [2.45, 2.75) is 45.6 Å². The Hall–Kier alpha value is -3.82. The van der Waals surface area contributed by atoms with E-state index in [9.17, 15) is 18.0 Å². The number of hydrogen-bond donors (Lipinski definition) is 0. The summed E-state index contributed by atoms with van der Waals surface area (Å²) in [7, 11) is 0. The van der Waals surface area contributed by atoms with Crippen molar-refractivity contribution in [3.8, 4) is 11.5 Å². The van der Waals surface area contributed by atoms with E-state index in [1.165, 1.54) is 0 Å². The summed E-state index contributed by atoms with van der Waals surface area (Å²) in [5, 5.41) is 6.60. The van der Waals surface area contributed by atoms with Gasteiger partial charge in [0, 0.05) is 49.9 Å². The largest absolute Gasteiger partial charge is 0.470 e. The second-order valence-corrected chi connectivity index (χ2v) is 8.97. The number of para-hydroxylation sites is 1. The first-order valence-electron chi connectivity index (χ1n) is 11.6. The van der Waals surface area contributed by atoms with Gasteiger partial charge in [0.05, 0.1) is 0 Å². The number of alkyl halides is 3. The van der Waals surface area contributed by atoms with E-state index < -0.39 is 12.1 Å². The van der Waals surface area contributed by atoms with Crippen LogP contribution in [0.1, 0.15) is 32.2 Å². The van der Waals surface area contributed by atoms with Crippen LogP contribution in [0, 0.1) is 0 Å². The first-order valence-corrected chi connectivity index (χ1v) is 11.6. The Kier molecular flexibility index (Phi) is 7.05. The van der Waals surface area contributed by atoms with E-state index in [1.54, 1.807) is 19.1 Å². The predicted octanol–water partition coefficient (Wildman–Crippen LogP) is 5.17. The smallest absolute Gasteiger partial charge is 0.413 e. The Bertz CT molecular complexity index is 1200. The highest BCUT2D eigenvalue weighted by Gasteiger charge is 2.38. The first kappa shape index (κ1) is 25.3. The molecule has 3 aromatic rings. The van der Waals surface area contributed by atoms with Gasteiger partial charge in [0.15, 0.2) is 0 Å². The number of hydrogen-bond acceptors (Lipinski definition) is 6. The quantitative estimate of drug-likeness (QED) is 0.466. The van der Waals surface area contributed by atoms with Crippen molar-refractivity contribution in [2.75, 3.05) is 18.0 Å². The van der Waals surface area contributed by atoms with Gasteiger partial charge in [-0.2, -0.15) is 13.2 Å². The molecule has 36 heavy (non-hydrogen) atoms. The van der Waals surface area contributed by atoms with Crippen LogP contribution in [0.25, 0.3) is 11.5 Å². The molecule has 10 heteroatoms. The van der Waals surface area contributed by atoms with E-state index >= 15 is 0 Å². The number of amides is 1. The summed E-state index contributed by atoms with van der Waals surface area (Å²) < 4.78 is 43.2. The number of carbonyl (C=O) groups excluding carboxylic acids is 1. The van der Waals surface area contributed by atoms with Gasteiger partial charge in [-0.3, -0.25) is 4.79 Å². The zero-order chi connectivity index (χ0) is 26.0. The first-order chi connectivity index (χ1) is 17.0. The lowest BCUT2D eigenvalue weighted by molar-refractivity contribution is -0.157. The highest BCUT2D eigenvalue weighted by Crippen LogP contribution is 2.31. The standard InChI is InChI=1S/C26H28F3N5O2/c1-17-14-32(15-18(2)34(17)20(4)35)19(3)33(23-8-6-5-7-9-23)16-21-10-12-22(13-11-21)24-30-31-25(36-24)26(27,28)29/h5-13,17-18H,3,14-16H2,1-2,4H3. The minimum Gasteiger partial charge on any atom is -0.413 e. The molecule has 1 aromatic heterocycles. The molecular weight excluding hydrogens is 471 g/mol. The molecule has 0 radical (unpaired) electrons. The summed E-state index contributed by atoms with van der Waals surface area (Å²) in [6.07, 6.45) is -4.69. The molecule has 0 bridgehead atoms. The summed E-state index contributed by atoms with van der Waals surface area (Å²) in [5.41, 5.74) is 2.27. The van der Waals surface area contributed by atoms with Crippen molar-refractivity contribution in [3.05, 3.63) is 78.5 Å². The molecule has 4 rings (SSSR count). The average Bonchev–Trinajstić information content (AvgIpc) is 3.33. The third kappa shape index (κ3) is 5.37. The molecule has 0 spiro atoms. The van der Waals surface area contributed by atoms with Crippen molar-refractivity contribution in [2.24, 2.45) is 0 Å². The highest BCUT2D eigenvalue weighted by molar-refractivity contribution is 5.74. The van der Waals surface area contributed by atoms with Gasteiger partial charge in [-0.05, 0) is 43.7 Å². The second kappa shape index (κ2) is 10.0. The maximum atomic E-state index is 12.8. The van der Waals surface area contributed by atoms with Crippen molar-refractivity contribution in [1.82, 2.24) is 20.0 Å². The Morgan fingerprint density at radius 3 is 2.19 bits per heavy atom. The number of carbonyl (C=O) groups is 1. The second-order valence-electron chi connectivity index (χ2n) is 8.97. The van der Waals surface area contributed by atoms with Crippen LogP contribution >= 0.6 is 0 Å². The van der Waals surface area contributed by atoms with Gasteiger partial charge >= 0.3 is 12.1 Å². The van der Waals surface area contributed by atoms with E-state index in [2.05, 4.69) is 26.6 Å². The molecule has 1 saturated heterocycles. The van der Waals surface area contributed by atoms with Gasteiger partial charge in [0.25, 0.3) is 0 Å². The molecule has 0 saturated carbocycles. The summed E-state index contributed by atoms with van der Waals surface area (Å²) >= 11 is 0. The van der Waals surface area contributed by atoms with E-state index in [4.69, 9.17) is 4.42 Å². The number of rotatable bonds is 6. The van der Waals surface area contributed by atoms with E-state index in [-0.39, 0.29) is 23.9 Å². The highest BCUT2D eigenvalue weighted by atomic mass is 19.4. The van der Waals surface area contributed by atoms with Crippen LogP contribution in [0.3, 0.4) is 0 Å². The molecule has 1 aliphatic rings. The molecule has 2 atom stereocenters. The Morgan fingerprint density at radius 1 is 1.06 bits per heavy atom. The third-order valence-corrected chi connectivity index (χ3v) is 6.24. The molecule has 2 aromatic carbocycles. The molecule has 7 nitrogen and oxygen atoms in total. The van der Waals surface area contributed by atoms with Gasteiger partial charge < -0.3 is 19.1 Å². The summed E-state index contributed by atoms with van der Waals surface area (Å²) in [6.45, 7) is 11.8. The molecular formula is C26H28F3N5O2. The summed E-state index contributed by atoms with van der Waals surface area (Å²) in [4.78, 5) is 18.3. The van der Waals surface area contributed by atoms with E-state index in [1.807, 2.05) is 61.2 Å². The normalized spacial score (nSPS) is 18.3.